The molecule has 2 rings (SSSR count). The molecule has 0 spiro atoms. The van der Waals surface area contributed by atoms with Gasteiger partial charge in [0.1, 0.15) is 0 Å². The molecule has 1 nitrogen and oxygen atoms in total. The summed E-state index contributed by atoms with van der Waals surface area (Å²) in [6, 6.07) is 9.95. The Hall–Kier alpha value is -0.820. The minimum absolute atomic E-state index is 0.524. The van der Waals surface area contributed by atoms with Crippen molar-refractivity contribution in [3.8, 4) is 0 Å². The van der Waals surface area contributed by atoms with Gasteiger partial charge in [0.25, 0.3) is 0 Å². The SMILES string of the molecule is CCNC(CC(C)CC)c1ccc(C2CCC2)cc1. The zero-order valence-electron chi connectivity index (χ0n) is 12.8. The van der Waals surface area contributed by atoms with Crippen molar-refractivity contribution in [3.05, 3.63) is 35.4 Å². The highest BCUT2D eigenvalue weighted by Crippen LogP contribution is 2.36. The Balaban J connectivity index is 2.03. The van der Waals surface area contributed by atoms with Gasteiger partial charge in [0.2, 0.25) is 0 Å². The van der Waals surface area contributed by atoms with Gasteiger partial charge in [-0.1, -0.05) is 57.9 Å². The summed E-state index contributed by atoms with van der Waals surface area (Å²) in [6.45, 7) is 7.89. The summed E-state index contributed by atoms with van der Waals surface area (Å²) in [4.78, 5) is 0. The van der Waals surface area contributed by atoms with Crippen molar-refractivity contribution in [1.82, 2.24) is 5.32 Å². The van der Waals surface area contributed by atoms with Crippen LogP contribution in [0.4, 0.5) is 0 Å². The molecule has 19 heavy (non-hydrogen) atoms. The van der Waals surface area contributed by atoms with E-state index in [-0.39, 0.29) is 0 Å². The van der Waals surface area contributed by atoms with Crippen LogP contribution in [-0.2, 0) is 0 Å². The van der Waals surface area contributed by atoms with Crippen molar-refractivity contribution in [3.63, 3.8) is 0 Å². The van der Waals surface area contributed by atoms with Crippen LogP contribution in [0.25, 0.3) is 0 Å². The molecule has 1 heteroatoms. The fourth-order valence-electron chi connectivity index (χ4n) is 2.89. The zero-order valence-corrected chi connectivity index (χ0v) is 12.8. The summed E-state index contributed by atoms with van der Waals surface area (Å²) in [5.41, 5.74) is 3.01. The molecule has 106 valence electrons. The van der Waals surface area contributed by atoms with Gasteiger partial charge in [-0.25, -0.2) is 0 Å². The van der Waals surface area contributed by atoms with E-state index in [0.717, 1.165) is 18.4 Å². The maximum absolute atomic E-state index is 3.64. The second kappa shape index (κ2) is 7.09. The van der Waals surface area contributed by atoms with Crippen molar-refractivity contribution in [2.24, 2.45) is 5.92 Å². The van der Waals surface area contributed by atoms with Crippen LogP contribution in [0.15, 0.2) is 24.3 Å². The summed E-state index contributed by atoms with van der Waals surface area (Å²) in [5.74, 6) is 1.64. The average molecular weight is 259 g/mol. The third-order valence-electron chi connectivity index (χ3n) is 4.70. The molecule has 0 aromatic heterocycles. The third kappa shape index (κ3) is 3.82. The molecule has 2 atom stereocenters. The molecule has 1 aliphatic rings. The molecule has 0 saturated heterocycles. The highest BCUT2D eigenvalue weighted by Gasteiger charge is 2.20. The Bertz CT molecular complexity index is 364. The van der Waals surface area contributed by atoms with E-state index < -0.39 is 0 Å². The van der Waals surface area contributed by atoms with Gasteiger partial charge in [-0.3, -0.25) is 0 Å². The number of hydrogen-bond acceptors (Lipinski definition) is 1. The molecule has 1 saturated carbocycles. The van der Waals surface area contributed by atoms with Gasteiger partial charge in [0, 0.05) is 6.04 Å². The summed E-state index contributed by atoms with van der Waals surface area (Å²) in [6.07, 6.45) is 6.71. The van der Waals surface area contributed by atoms with Crippen molar-refractivity contribution in [1.29, 1.82) is 0 Å². The maximum Gasteiger partial charge on any atom is 0.0322 e. The molecule has 0 bridgehead atoms. The number of nitrogens with one attached hydrogen (secondary N) is 1. The number of benzene rings is 1. The van der Waals surface area contributed by atoms with Gasteiger partial charge in [-0.2, -0.15) is 0 Å². The van der Waals surface area contributed by atoms with Crippen LogP contribution < -0.4 is 5.32 Å². The fraction of sp³-hybridized carbons (Fsp3) is 0.667. The minimum Gasteiger partial charge on any atom is -0.310 e. The fourth-order valence-corrected chi connectivity index (χ4v) is 2.89. The van der Waals surface area contributed by atoms with E-state index >= 15 is 0 Å². The smallest absolute Gasteiger partial charge is 0.0322 e. The summed E-state index contributed by atoms with van der Waals surface area (Å²) in [5, 5.41) is 3.64. The van der Waals surface area contributed by atoms with Crippen LogP contribution in [0.3, 0.4) is 0 Å². The first-order valence-corrected chi connectivity index (χ1v) is 8.07. The third-order valence-corrected chi connectivity index (χ3v) is 4.70. The van der Waals surface area contributed by atoms with Crippen molar-refractivity contribution < 1.29 is 0 Å². The molecule has 0 aliphatic heterocycles. The summed E-state index contributed by atoms with van der Waals surface area (Å²) < 4.78 is 0. The standard InChI is InChI=1S/C18H29N/c1-4-14(3)13-18(19-5-2)17-11-9-16(10-12-17)15-7-6-8-15/h9-12,14-15,18-19H,4-8,13H2,1-3H3. The Morgan fingerprint density at radius 3 is 2.32 bits per heavy atom. The van der Waals surface area contributed by atoms with E-state index in [4.69, 9.17) is 0 Å². The minimum atomic E-state index is 0.524. The molecule has 0 radical (unpaired) electrons. The highest BCUT2D eigenvalue weighted by molar-refractivity contribution is 5.28. The highest BCUT2D eigenvalue weighted by atomic mass is 14.9. The lowest BCUT2D eigenvalue weighted by Gasteiger charge is -2.27. The van der Waals surface area contributed by atoms with Crippen LogP contribution in [-0.4, -0.2) is 6.54 Å². The van der Waals surface area contributed by atoms with Gasteiger partial charge in [0.05, 0.1) is 0 Å². The van der Waals surface area contributed by atoms with E-state index in [1.54, 1.807) is 5.56 Å². The van der Waals surface area contributed by atoms with Crippen molar-refractivity contribution >= 4 is 0 Å². The van der Waals surface area contributed by atoms with E-state index in [0.29, 0.717) is 6.04 Å². The van der Waals surface area contributed by atoms with Crippen molar-refractivity contribution in [2.45, 2.75) is 64.8 Å². The first-order chi connectivity index (χ1) is 9.24. The Morgan fingerprint density at radius 1 is 1.16 bits per heavy atom. The number of rotatable bonds is 7. The second-order valence-electron chi connectivity index (χ2n) is 6.15. The molecule has 1 aromatic carbocycles. The Kier molecular flexibility index (Phi) is 5.45. The second-order valence-corrected chi connectivity index (χ2v) is 6.15. The molecular weight excluding hydrogens is 230 g/mol. The predicted octanol–water partition coefficient (Wildman–Crippen LogP) is 5.04. The molecular formula is C18H29N. The van der Waals surface area contributed by atoms with E-state index in [9.17, 15) is 0 Å². The first-order valence-electron chi connectivity index (χ1n) is 8.07. The molecule has 1 fully saturated rings. The van der Waals surface area contributed by atoms with Gasteiger partial charge in [0.15, 0.2) is 0 Å². The van der Waals surface area contributed by atoms with Gasteiger partial charge in [-0.05, 0) is 48.8 Å². The largest absolute Gasteiger partial charge is 0.310 e. The van der Waals surface area contributed by atoms with E-state index in [2.05, 4.69) is 50.4 Å². The molecule has 1 aromatic rings. The van der Waals surface area contributed by atoms with Crippen LogP contribution >= 0.6 is 0 Å². The molecule has 0 amide bonds. The normalized spacial score (nSPS) is 18.9. The monoisotopic (exact) mass is 259 g/mol. The predicted molar refractivity (Wildman–Crippen MR) is 83.5 cm³/mol. The summed E-state index contributed by atoms with van der Waals surface area (Å²) in [7, 11) is 0. The average Bonchev–Trinajstić information content (AvgIpc) is 2.37. The molecule has 0 heterocycles. The summed E-state index contributed by atoms with van der Waals surface area (Å²) >= 11 is 0. The lowest BCUT2D eigenvalue weighted by molar-refractivity contribution is 0.406. The Labute approximate surface area is 118 Å². The van der Waals surface area contributed by atoms with E-state index in [1.165, 1.54) is 37.7 Å². The zero-order chi connectivity index (χ0) is 13.7. The topological polar surface area (TPSA) is 12.0 Å². The van der Waals surface area contributed by atoms with Crippen LogP contribution in [0, 0.1) is 5.92 Å². The van der Waals surface area contributed by atoms with Gasteiger partial charge < -0.3 is 5.32 Å². The molecule has 2 unspecified atom stereocenters. The van der Waals surface area contributed by atoms with Crippen molar-refractivity contribution in [2.75, 3.05) is 6.54 Å². The number of hydrogen-bond donors (Lipinski definition) is 1. The first kappa shape index (κ1) is 14.6. The maximum atomic E-state index is 3.64. The van der Waals surface area contributed by atoms with Crippen LogP contribution in [0.5, 0.6) is 0 Å². The quantitative estimate of drug-likeness (QED) is 0.723. The molecule has 1 aliphatic carbocycles. The van der Waals surface area contributed by atoms with E-state index in [1.807, 2.05) is 0 Å². The van der Waals surface area contributed by atoms with Crippen LogP contribution in [0.1, 0.15) is 76.0 Å². The lowest BCUT2D eigenvalue weighted by atomic mass is 9.79. The Morgan fingerprint density at radius 2 is 1.84 bits per heavy atom. The van der Waals surface area contributed by atoms with Gasteiger partial charge in [-0.15, -0.1) is 0 Å². The lowest BCUT2D eigenvalue weighted by Crippen LogP contribution is -2.23. The van der Waals surface area contributed by atoms with Gasteiger partial charge >= 0.3 is 0 Å². The van der Waals surface area contributed by atoms with Crippen LogP contribution in [0.2, 0.25) is 0 Å². The molecule has 1 N–H and O–H groups in total.